The highest BCUT2D eigenvalue weighted by Gasteiger charge is 2.33. The van der Waals surface area contributed by atoms with Gasteiger partial charge in [-0.2, -0.15) is 0 Å². The quantitative estimate of drug-likeness (QED) is 0.906. The van der Waals surface area contributed by atoms with Crippen LogP contribution in [0.5, 0.6) is 0 Å². The maximum Gasteiger partial charge on any atom is 0.257 e. The standard InChI is InChI=1S/C17H20N2OS/c1-3-4-10-19-16(15-12(2)9-11-21-15)18-14-8-6-5-7-13(14)17(19)20/h5-9,11,16,18H,3-4,10H2,1-2H3. The third kappa shape index (κ3) is 2.56. The van der Waals surface area contributed by atoms with Crippen molar-refractivity contribution in [2.45, 2.75) is 32.9 Å². The van der Waals surface area contributed by atoms with Crippen molar-refractivity contribution in [2.24, 2.45) is 0 Å². The molecule has 0 saturated carbocycles. The Morgan fingerprint density at radius 3 is 2.81 bits per heavy atom. The summed E-state index contributed by atoms with van der Waals surface area (Å²) in [4.78, 5) is 16.0. The van der Waals surface area contributed by atoms with E-state index in [1.807, 2.05) is 29.2 Å². The number of unbranched alkanes of at least 4 members (excludes halogenated alkanes) is 1. The number of hydrogen-bond acceptors (Lipinski definition) is 3. The van der Waals surface area contributed by atoms with E-state index in [1.165, 1.54) is 10.4 Å². The Morgan fingerprint density at radius 2 is 2.10 bits per heavy atom. The molecule has 21 heavy (non-hydrogen) atoms. The van der Waals surface area contributed by atoms with Gasteiger partial charge in [0.05, 0.1) is 10.4 Å². The maximum absolute atomic E-state index is 12.8. The molecule has 1 unspecified atom stereocenters. The lowest BCUT2D eigenvalue weighted by molar-refractivity contribution is 0.0683. The maximum atomic E-state index is 12.8. The minimum Gasteiger partial charge on any atom is -0.360 e. The van der Waals surface area contributed by atoms with Crippen molar-refractivity contribution in [3.05, 3.63) is 51.7 Å². The zero-order chi connectivity index (χ0) is 14.8. The number of fused-ring (bicyclic) bond motifs is 1. The smallest absolute Gasteiger partial charge is 0.257 e. The molecule has 1 aliphatic rings. The second-order valence-electron chi connectivity index (χ2n) is 5.41. The highest BCUT2D eigenvalue weighted by atomic mass is 32.1. The Hall–Kier alpha value is -1.81. The number of thiophene rings is 1. The van der Waals surface area contributed by atoms with Gasteiger partial charge in [0.25, 0.3) is 5.91 Å². The van der Waals surface area contributed by atoms with Gasteiger partial charge >= 0.3 is 0 Å². The van der Waals surface area contributed by atoms with Gasteiger partial charge < -0.3 is 10.2 Å². The van der Waals surface area contributed by atoms with E-state index in [4.69, 9.17) is 0 Å². The first-order valence-corrected chi connectivity index (χ1v) is 8.31. The molecule has 1 aromatic carbocycles. The van der Waals surface area contributed by atoms with Crippen LogP contribution in [-0.2, 0) is 0 Å². The van der Waals surface area contributed by atoms with Crippen molar-refractivity contribution in [1.29, 1.82) is 0 Å². The molecule has 0 saturated heterocycles. The van der Waals surface area contributed by atoms with Gasteiger partial charge in [-0.05, 0) is 42.5 Å². The molecule has 0 spiro atoms. The fourth-order valence-corrected chi connectivity index (χ4v) is 3.71. The zero-order valence-electron chi connectivity index (χ0n) is 12.4. The lowest BCUT2D eigenvalue weighted by Gasteiger charge is -2.37. The second-order valence-corrected chi connectivity index (χ2v) is 6.36. The van der Waals surface area contributed by atoms with Crippen molar-refractivity contribution in [2.75, 3.05) is 11.9 Å². The Balaban J connectivity index is 2.01. The van der Waals surface area contributed by atoms with Crippen molar-refractivity contribution >= 4 is 22.9 Å². The van der Waals surface area contributed by atoms with Crippen LogP contribution < -0.4 is 5.32 Å². The van der Waals surface area contributed by atoms with E-state index in [2.05, 4.69) is 30.6 Å². The summed E-state index contributed by atoms with van der Waals surface area (Å²) < 4.78 is 0. The molecule has 1 aliphatic heterocycles. The number of carbonyl (C=O) groups is 1. The molecule has 0 fully saturated rings. The molecule has 0 bridgehead atoms. The van der Waals surface area contributed by atoms with Crippen LogP contribution in [0.1, 0.15) is 46.7 Å². The average molecular weight is 300 g/mol. The van der Waals surface area contributed by atoms with Gasteiger partial charge in [0.2, 0.25) is 0 Å². The van der Waals surface area contributed by atoms with Crippen LogP contribution in [0.2, 0.25) is 0 Å². The number of hydrogen-bond donors (Lipinski definition) is 1. The van der Waals surface area contributed by atoms with E-state index in [9.17, 15) is 4.79 Å². The number of nitrogens with zero attached hydrogens (tertiary/aromatic N) is 1. The predicted molar refractivity (Wildman–Crippen MR) is 87.8 cm³/mol. The van der Waals surface area contributed by atoms with E-state index in [1.54, 1.807) is 11.3 Å². The summed E-state index contributed by atoms with van der Waals surface area (Å²) >= 11 is 1.71. The summed E-state index contributed by atoms with van der Waals surface area (Å²) in [7, 11) is 0. The molecular formula is C17H20N2OS. The molecule has 110 valence electrons. The fourth-order valence-electron chi connectivity index (χ4n) is 2.72. The molecule has 1 aromatic heterocycles. The number of anilines is 1. The van der Waals surface area contributed by atoms with Gasteiger partial charge in [0.15, 0.2) is 0 Å². The van der Waals surface area contributed by atoms with Gasteiger partial charge in [0, 0.05) is 12.2 Å². The molecule has 3 nitrogen and oxygen atoms in total. The number of aryl methyl sites for hydroxylation is 1. The van der Waals surface area contributed by atoms with Crippen LogP contribution >= 0.6 is 11.3 Å². The van der Waals surface area contributed by atoms with Gasteiger partial charge in [-0.15, -0.1) is 11.3 Å². The number of benzene rings is 1. The third-order valence-corrected chi connectivity index (χ3v) is 5.00. The highest BCUT2D eigenvalue weighted by Crippen LogP contribution is 2.36. The van der Waals surface area contributed by atoms with E-state index in [0.717, 1.165) is 30.6 Å². The molecule has 3 rings (SSSR count). The molecule has 0 aliphatic carbocycles. The summed E-state index contributed by atoms with van der Waals surface area (Å²) in [5.41, 5.74) is 2.96. The molecule has 1 amide bonds. The van der Waals surface area contributed by atoms with Crippen molar-refractivity contribution < 1.29 is 4.79 Å². The van der Waals surface area contributed by atoms with Crippen molar-refractivity contribution in [3.63, 3.8) is 0 Å². The Morgan fingerprint density at radius 1 is 1.29 bits per heavy atom. The SMILES string of the molecule is CCCCN1C(=O)c2ccccc2NC1c1sccc1C. The summed E-state index contributed by atoms with van der Waals surface area (Å²) in [6.07, 6.45) is 2.07. The van der Waals surface area contributed by atoms with E-state index in [0.29, 0.717) is 0 Å². The first-order valence-electron chi connectivity index (χ1n) is 7.43. The molecule has 4 heteroatoms. The lowest BCUT2D eigenvalue weighted by Crippen LogP contribution is -2.43. The van der Waals surface area contributed by atoms with E-state index in [-0.39, 0.29) is 12.1 Å². The topological polar surface area (TPSA) is 32.3 Å². The van der Waals surface area contributed by atoms with Crippen molar-refractivity contribution in [3.8, 4) is 0 Å². The highest BCUT2D eigenvalue weighted by molar-refractivity contribution is 7.10. The van der Waals surface area contributed by atoms with Gasteiger partial charge in [0.1, 0.15) is 6.17 Å². The van der Waals surface area contributed by atoms with Gasteiger partial charge in [-0.1, -0.05) is 25.5 Å². The van der Waals surface area contributed by atoms with Crippen molar-refractivity contribution in [1.82, 2.24) is 4.90 Å². The molecule has 0 radical (unpaired) electrons. The Bertz CT molecular complexity index is 650. The number of nitrogens with one attached hydrogen (secondary N) is 1. The Labute approximate surface area is 129 Å². The van der Waals surface area contributed by atoms with Gasteiger partial charge in [-0.25, -0.2) is 0 Å². The zero-order valence-corrected chi connectivity index (χ0v) is 13.2. The normalized spacial score (nSPS) is 17.5. The molecular weight excluding hydrogens is 280 g/mol. The van der Waals surface area contributed by atoms with Crippen LogP contribution in [0.15, 0.2) is 35.7 Å². The van der Waals surface area contributed by atoms with Gasteiger partial charge in [-0.3, -0.25) is 4.79 Å². The summed E-state index contributed by atoms with van der Waals surface area (Å²) in [6.45, 7) is 5.05. The second kappa shape index (κ2) is 5.90. The van der Waals surface area contributed by atoms with E-state index < -0.39 is 0 Å². The Kier molecular flexibility index (Phi) is 3.97. The summed E-state index contributed by atoms with van der Waals surface area (Å²) in [6, 6.07) is 9.90. The summed E-state index contributed by atoms with van der Waals surface area (Å²) in [5.74, 6) is 0.135. The fraction of sp³-hybridized carbons (Fsp3) is 0.353. The number of amides is 1. The number of carbonyl (C=O) groups excluding carboxylic acids is 1. The molecule has 2 aromatic rings. The van der Waals surface area contributed by atoms with Crippen LogP contribution in [0, 0.1) is 6.92 Å². The predicted octanol–water partition coefficient (Wildman–Crippen LogP) is 4.42. The lowest BCUT2D eigenvalue weighted by atomic mass is 10.1. The summed E-state index contributed by atoms with van der Waals surface area (Å²) in [5, 5.41) is 5.64. The largest absolute Gasteiger partial charge is 0.360 e. The van der Waals surface area contributed by atoms with Crippen LogP contribution in [0.4, 0.5) is 5.69 Å². The average Bonchev–Trinajstić information content (AvgIpc) is 2.92. The first kappa shape index (κ1) is 14.1. The molecule has 2 heterocycles. The van der Waals surface area contributed by atoms with E-state index >= 15 is 0 Å². The van der Waals surface area contributed by atoms with Crippen LogP contribution in [0.25, 0.3) is 0 Å². The van der Waals surface area contributed by atoms with Crippen LogP contribution in [0.3, 0.4) is 0 Å². The minimum atomic E-state index is -0.0426. The first-order chi connectivity index (χ1) is 10.2. The molecule has 1 atom stereocenters. The minimum absolute atomic E-state index is 0.0426. The van der Waals surface area contributed by atoms with Crippen LogP contribution in [-0.4, -0.2) is 17.4 Å². The monoisotopic (exact) mass is 300 g/mol. The molecule has 1 N–H and O–H groups in total. The number of rotatable bonds is 4. The number of para-hydroxylation sites is 1. The third-order valence-electron chi connectivity index (χ3n) is 3.92.